The predicted molar refractivity (Wildman–Crippen MR) is 76.7 cm³/mol. The Balaban J connectivity index is 1.61. The minimum Gasteiger partial charge on any atom is -0.460 e. The van der Waals surface area contributed by atoms with Gasteiger partial charge >= 0.3 is 0 Å². The average Bonchev–Trinajstić information content (AvgIpc) is 3.01. The van der Waals surface area contributed by atoms with Gasteiger partial charge in [0, 0.05) is 5.92 Å². The van der Waals surface area contributed by atoms with Gasteiger partial charge < -0.3 is 4.42 Å². The Bertz CT molecular complexity index is 693. The quantitative estimate of drug-likeness (QED) is 0.692. The smallest absolute Gasteiger partial charge is 0.274 e. The van der Waals surface area contributed by atoms with Crippen LogP contribution < -0.4 is 5.43 Å². The van der Waals surface area contributed by atoms with E-state index in [2.05, 4.69) is 17.5 Å². The highest BCUT2D eigenvalue weighted by molar-refractivity contribution is 5.94. The monoisotopic (exact) mass is 286 g/mol. The van der Waals surface area contributed by atoms with Crippen LogP contribution in [-0.2, 0) is 0 Å². The first kappa shape index (κ1) is 13.5. The van der Waals surface area contributed by atoms with Crippen LogP contribution in [0.25, 0.3) is 0 Å². The fraction of sp³-hybridized carbons (Fsp3) is 0.250. The first-order valence-corrected chi connectivity index (χ1v) is 6.83. The fourth-order valence-electron chi connectivity index (χ4n) is 2.22. The molecule has 1 aliphatic carbocycles. The summed E-state index contributed by atoms with van der Waals surface area (Å²) in [5, 5.41) is 3.79. The summed E-state index contributed by atoms with van der Waals surface area (Å²) in [5.41, 5.74) is 2.24. The maximum atomic E-state index is 13.4. The molecule has 0 unspecified atom stereocenters. The lowest BCUT2D eigenvalue weighted by Crippen LogP contribution is -2.18. The van der Waals surface area contributed by atoms with Crippen molar-refractivity contribution in [1.29, 1.82) is 0 Å². The van der Waals surface area contributed by atoms with Gasteiger partial charge in [0.2, 0.25) is 0 Å². The molecule has 0 radical (unpaired) electrons. The summed E-state index contributed by atoms with van der Waals surface area (Å²) in [7, 11) is 0. The lowest BCUT2D eigenvalue weighted by atomic mass is 10.2. The SMILES string of the molecule is C[C@@H]1C[C@@H]1c1ccc(/C=N\NC(=O)c2ccccc2F)o1. The maximum Gasteiger partial charge on any atom is 0.274 e. The van der Waals surface area contributed by atoms with Crippen LogP contribution in [0, 0.1) is 11.7 Å². The molecule has 1 aliphatic rings. The van der Waals surface area contributed by atoms with E-state index in [1.165, 1.54) is 24.4 Å². The topological polar surface area (TPSA) is 54.6 Å². The van der Waals surface area contributed by atoms with Crippen LogP contribution in [-0.4, -0.2) is 12.1 Å². The number of hydrogen-bond acceptors (Lipinski definition) is 3. The van der Waals surface area contributed by atoms with Crippen molar-refractivity contribution in [1.82, 2.24) is 5.43 Å². The molecular formula is C16H15FN2O2. The summed E-state index contributed by atoms with van der Waals surface area (Å²) in [6, 6.07) is 9.48. The van der Waals surface area contributed by atoms with Gasteiger partial charge in [-0.25, -0.2) is 9.82 Å². The van der Waals surface area contributed by atoms with Crippen LogP contribution in [0.2, 0.25) is 0 Å². The second-order valence-corrected chi connectivity index (χ2v) is 5.24. The zero-order valence-electron chi connectivity index (χ0n) is 11.5. The molecule has 21 heavy (non-hydrogen) atoms. The van der Waals surface area contributed by atoms with E-state index < -0.39 is 11.7 Å². The summed E-state index contributed by atoms with van der Waals surface area (Å²) < 4.78 is 19.0. The minimum atomic E-state index is -0.591. The van der Waals surface area contributed by atoms with E-state index in [0.717, 1.165) is 12.2 Å². The number of halogens is 1. The summed E-state index contributed by atoms with van der Waals surface area (Å²) in [4.78, 5) is 11.7. The zero-order chi connectivity index (χ0) is 14.8. The number of nitrogens with one attached hydrogen (secondary N) is 1. The van der Waals surface area contributed by atoms with Gasteiger partial charge in [0.15, 0.2) is 0 Å². The maximum absolute atomic E-state index is 13.4. The standard InChI is InChI=1S/C16H15FN2O2/c1-10-8-13(10)15-7-6-11(21-15)9-18-19-16(20)12-4-2-3-5-14(12)17/h2-7,9-10,13H,8H2,1H3,(H,19,20)/b18-9-/t10-,13+/m1/s1. The lowest BCUT2D eigenvalue weighted by molar-refractivity contribution is 0.0951. The van der Waals surface area contributed by atoms with Crippen molar-refractivity contribution in [3.63, 3.8) is 0 Å². The third-order valence-electron chi connectivity index (χ3n) is 3.60. The van der Waals surface area contributed by atoms with Crippen LogP contribution in [0.15, 0.2) is 45.9 Å². The van der Waals surface area contributed by atoms with Gasteiger partial charge in [0.25, 0.3) is 5.91 Å². The van der Waals surface area contributed by atoms with Crippen LogP contribution in [0.5, 0.6) is 0 Å². The summed E-state index contributed by atoms with van der Waals surface area (Å²) in [6.45, 7) is 2.18. The van der Waals surface area contributed by atoms with Crippen molar-refractivity contribution in [2.75, 3.05) is 0 Å². The predicted octanol–water partition coefficient (Wildman–Crippen LogP) is 3.31. The number of amides is 1. The second kappa shape index (κ2) is 5.52. The van der Waals surface area contributed by atoms with E-state index >= 15 is 0 Å². The molecule has 1 heterocycles. The van der Waals surface area contributed by atoms with E-state index in [-0.39, 0.29) is 5.56 Å². The number of carbonyl (C=O) groups is 1. The van der Waals surface area contributed by atoms with E-state index in [1.807, 2.05) is 6.07 Å². The molecule has 2 atom stereocenters. The van der Waals surface area contributed by atoms with Crippen molar-refractivity contribution in [3.05, 3.63) is 59.3 Å². The molecule has 0 bridgehead atoms. The minimum absolute atomic E-state index is 0.0402. The Kier molecular flexibility index (Phi) is 3.56. The third-order valence-corrected chi connectivity index (χ3v) is 3.60. The van der Waals surface area contributed by atoms with Gasteiger partial charge in [-0.05, 0) is 36.6 Å². The van der Waals surface area contributed by atoms with Crippen molar-refractivity contribution in [3.8, 4) is 0 Å². The van der Waals surface area contributed by atoms with Gasteiger partial charge in [0.1, 0.15) is 17.3 Å². The molecule has 4 nitrogen and oxygen atoms in total. The fourth-order valence-corrected chi connectivity index (χ4v) is 2.22. The Labute approximate surface area is 121 Å². The molecule has 1 N–H and O–H groups in total. The molecule has 1 fully saturated rings. The molecule has 0 saturated heterocycles. The van der Waals surface area contributed by atoms with Crippen LogP contribution in [0.4, 0.5) is 4.39 Å². The van der Waals surface area contributed by atoms with Crippen molar-refractivity contribution >= 4 is 12.1 Å². The molecule has 1 amide bonds. The third kappa shape index (κ3) is 3.02. The van der Waals surface area contributed by atoms with Gasteiger partial charge in [0.05, 0.1) is 11.8 Å². The molecule has 0 aliphatic heterocycles. The summed E-state index contributed by atoms with van der Waals surface area (Å²) in [6.07, 6.45) is 2.56. The van der Waals surface area contributed by atoms with Gasteiger partial charge in [-0.2, -0.15) is 5.10 Å². The Morgan fingerprint density at radius 2 is 2.14 bits per heavy atom. The molecule has 1 aromatic heterocycles. The van der Waals surface area contributed by atoms with Crippen LogP contribution in [0.3, 0.4) is 0 Å². The van der Waals surface area contributed by atoms with Crippen molar-refractivity contribution < 1.29 is 13.6 Å². The number of hydrogen-bond donors (Lipinski definition) is 1. The number of hydrazone groups is 1. The highest BCUT2D eigenvalue weighted by Crippen LogP contribution is 2.47. The summed E-state index contributed by atoms with van der Waals surface area (Å²) >= 11 is 0. The molecule has 0 spiro atoms. The highest BCUT2D eigenvalue weighted by Gasteiger charge is 2.36. The number of carbonyl (C=O) groups excluding carboxylic acids is 1. The van der Waals surface area contributed by atoms with Crippen LogP contribution >= 0.6 is 0 Å². The number of nitrogens with zero attached hydrogens (tertiary/aromatic N) is 1. The van der Waals surface area contributed by atoms with Crippen molar-refractivity contribution in [2.24, 2.45) is 11.0 Å². The van der Waals surface area contributed by atoms with E-state index in [4.69, 9.17) is 4.42 Å². The first-order valence-electron chi connectivity index (χ1n) is 6.83. The molecular weight excluding hydrogens is 271 g/mol. The van der Waals surface area contributed by atoms with Crippen molar-refractivity contribution in [2.45, 2.75) is 19.3 Å². The molecule has 1 saturated carbocycles. The van der Waals surface area contributed by atoms with E-state index in [9.17, 15) is 9.18 Å². The Morgan fingerprint density at radius 3 is 2.86 bits per heavy atom. The number of rotatable bonds is 4. The van der Waals surface area contributed by atoms with E-state index in [0.29, 0.717) is 17.6 Å². The van der Waals surface area contributed by atoms with Gasteiger partial charge in [-0.1, -0.05) is 19.1 Å². The molecule has 5 heteroatoms. The van der Waals surface area contributed by atoms with Crippen LogP contribution in [0.1, 0.15) is 41.1 Å². The summed E-state index contributed by atoms with van der Waals surface area (Å²) in [5.74, 6) is 1.52. The highest BCUT2D eigenvalue weighted by atomic mass is 19.1. The number of furan rings is 1. The zero-order valence-corrected chi connectivity index (χ0v) is 11.5. The Hall–Kier alpha value is -2.43. The molecule has 1 aromatic carbocycles. The molecule has 2 aromatic rings. The largest absolute Gasteiger partial charge is 0.460 e. The molecule has 108 valence electrons. The van der Waals surface area contributed by atoms with Gasteiger partial charge in [-0.15, -0.1) is 0 Å². The molecule has 3 rings (SSSR count). The average molecular weight is 286 g/mol. The van der Waals surface area contributed by atoms with E-state index in [1.54, 1.807) is 12.1 Å². The second-order valence-electron chi connectivity index (χ2n) is 5.24. The first-order chi connectivity index (χ1) is 10.1. The Morgan fingerprint density at radius 1 is 1.38 bits per heavy atom. The van der Waals surface area contributed by atoms with Gasteiger partial charge in [-0.3, -0.25) is 4.79 Å². The lowest BCUT2D eigenvalue weighted by Gasteiger charge is -2.00. The number of benzene rings is 1. The normalized spacial score (nSPS) is 20.7.